The summed E-state index contributed by atoms with van der Waals surface area (Å²) in [5, 5.41) is 7.48. The van der Waals surface area contributed by atoms with Crippen LogP contribution in [0.2, 0.25) is 5.28 Å². The molecule has 2 heterocycles. The highest BCUT2D eigenvalue weighted by Gasteiger charge is 2.13. The molecular formula is C12H17ClN6. The first kappa shape index (κ1) is 13.7. The largest absolute Gasteiger partial charge is 0.351 e. The summed E-state index contributed by atoms with van der Waals surface area (Å²) in [6, 6.07) is 2.06. The van der Waals surface area contributed by atoms with E-state index in [-0.39, 0.29) is 11.3 Å². The van der Waals surface area contributed by atoms with Crippen LogP contribution < -0.4 is 5.32 Å². The summed E-state index contributed by atoms with van der Waals surface area (Å²) in [5.41, 5.74) is 0. The zero-order valence-electron chi connectivity index (χ0n) is 11.2. The average Bonchev–Trinajstić information content (AvgIpc) is 2.90. The molecule has 2 atom stereocenters. The van der Waals surface area contributed by atoms with Gasteiger partial charge in [-0.25, -0.2) is 4.68 Å². The lowest BCUT2D eigenvalue weighted by Gasteiger charge is -2.19. The topological polar surface area (TPSA) is 68.5 Å². The van der Waals surface area contributed by atoms with E-state index in [0.717, 1.165) is 6.42 Å². The van der Waals surface area contributed by atoms with Gasteiger partial charge in [0.05, 0.1) is 0 Å². The van der Waals surface area contributed by atoms with Crippen molar-refractivity contribution in [2.75, 3.05) is 5.32 Å². The quantitative estimate of drug-likeness (QED) is 0.911. The number of hydrogen-bond donors (Lipinski definition) is 1. The maximum atomic E-state index is 5.92. The van der Waals surface area contributed by atoms with E-state index < -0.39 is 0 Å². The van der Waals surface area contributed by atoms with Gasteiger partial charge in [-0.3, -0.25) is 0 Å². The molecule has 0 spiro atoms. The molecule has 0 bridgehead atoms. The standard InChI is InChI=1S/C12H17ClN6/c1-4-8(2)9(3)15-11-16-10(13)17-12(18-11)19-7-5-6-14-19/h5-9H,4H2,1-3H3,(H,15,16,17,18). The van der Waals surface area contributed by atoms with Crippen molar-refractivity contribution in [3.8, 4) is 5.95 Å². The van der Waals surface area contributed by atoms with Gasteiger partial charge < -0.3 is 5.32 Å². The lowest BCUT2D eigenvalue weighted by molar-refractivity contribution is 0.492. The van der Waals surface area contributed by atoms with Gasteiger partial charge in [0.25, 0.3) is 5.95 Å². The van der Waals surface area contributed by atoms with Crippen LogP contribution in [0.4, 0.5) is 5.95 Å². The second-order valence-corrected chi connectivity index (χ2v) is 4.84. The summed E-state index contributed by atoms with van der Waals surface area (Å²) in [6.07, 6.45) is 4.50. The minimum atomic E-state index is 0.152. The summed E-state index contributed by atoms with van der Waals surface area (Å²) in [5.74, 6) is 1.39. The van der Waals surface area contributed by atoms with Crippen molar-refractivity contribution in [2.45, 2.75) is 33.2 Å². The third kappa shape index (κ3) is 3.41. The van der Waals surface area contributed by atoms with Gasteiger partial charge in [0.15, 0.2) is 0 Å². The summed E-state index contributed by atoms with van der Waals surface area (Å²) in [4.78, 5) is 12.5. The Morgan fingerprint density at radius 3 is 2.74 bits per heavy atom. The van der Waals surface area contributed by atoms with Crippen LogP contribution in [0.25, 0.3) is 5.95 Å². The summed E-state index contributed by atoms with van der Waals surface area (Å²) in [6.45, 7) is 6.42. The third-order valence-electron chi connectivity index (χ3n) is 3.16. The fraction of sp³-hybridized carbons (Fsp3) is 0.500. The molecule has 2 aromatic heterocycles. The van der Waals surface area contributed by atoms with E-state index in [1.165, 1.54) is 0 Å². The Balaban J connectivity index is 2.22. The van der Waals surface area contributed by atoms with Crippen LogP contribution in [-0.2, 0) is 0 Å². The van der Waals surface area contributed by atoms with E-state index in [1.54, 1.807) is 23.1 Å². The molecule has 0 aliphatic heterocycles. The lowest BCUT2D eigenvalue weighted by Crippen LogP contribution is -2.25. The van der Waals surface area contributed by atoms with Crippen molar-refractivity contribution in [2.24, 2.45) is 5.92 Å². The van der Waals surface area contributed by atoms with Crippen molar-refractivity contribution in [1.82, 2.24) is 24.7 Å². The Hall–Kier alpha value is -1.69. The van der Waals surface area contributed by atoms with Crippen LogP contribution >= 0.6 is 11.6 Å². The average molecular weight is 281 g/mol. The molecule has 1 N–H and O–H groups in total. The van der Waals surface area contributed by atoms with E-state index in [9.17, 15) is 0 Å². The number of nitrogens with one attached hydrogen (secondary N) is 1. The third-order valence-corrected chi connectivity index (χ3v) is 3.33. The van der Waals surface area contributed by atoms with Crippen molar-refractivity contribution in [3.05, 3.63) is 23.7 Å². The number of rotatable bonds is 5. The Labute approximate surface area is 117 Å². The molecule has 2 rings (SSSR count). The molecule has 2 aromatic rings. The van der Waals surface area contributed by atoms with E-state index in [2.05, 4.69) is 46.1 Å². The maximum Gasteiger partial charge on any atom is 0.256 e. The molecule has 102 valence electrons. The molecule has 6 nitrogen and oxygen atoms in total. The first-order chi connectivity index (χ1) is 9.10. The van der Waals surface area contributed by atoms with Gasteiger partial charge in [0, 0.05) is 18.4 Å². The van der Waals surface area contributed by atoms with Gasteiger partial charge in [-0.2, -0.15) is 20.1 Å². The fourth-order valence-corrected chi connectivity index (χ4v) is 1.75. The molecule has 7 heteroatoms. The predicted octanol–water partition coefficient (Wildman–Crippen LogP) is 2.56. The van der Waals surface area contributed by atoms with E-state index >= 15 is 0 Å². The van der Waals surface area contributed by atoms with Crippen LogP contribution in [-0.4, -0.2) is 30.8 Å². The minimum Gasteiger partial charge on any atom is -0.351 e. The van der Waals surface area contributed by atoms with Crippen LogP contribution in [0.1, 0.15) is 27.2 Å². The van der Waals surface area contributed by atoms with Gasteiger partial charge in [0.1, 0.15) is 0 Å². The second-order valence-electron chi connectivity index (χ2n) is 4.50. The Kier molecular flexibility index (Phi) is 4.31. The molecule has 0 saturated heterocycles. The van der Waals surface area contributed by atoms with E-state index in [4.69, 9.17) is 11.6 Å². The minimum absolute atomic E-state index is 0.152. The molecule has 0 aliphatic carbocycles. The smallest absolute Gasteiger partial charge is 0.256 e. The van der Waals surface area contributed by atoms with Crippen LogP contribution in [0.3, 0.4) is 0 Å². The second kappa shape index (κ2) is 5.97. The summed E-state index contributed by atoms with van der Waals surface area (Å²) < 4.78 is 1.55. The van der Waals surface area contributed by atoms with Crippen LogP contribution in [0.15, 0.2) is 18.5 Å². The number of hydrogen-bond acceptors (Lipinski definition) is 5. The Morgan fingerprint density at radius 2 is 2.11 bits per heavy atom. The molecule has 2 unspecified atom stereocenters. The SMILES string of the molecule is CCC(C)C(C)Nc1nc(Cl)nc(-n2cccn2)n1. The zero-order valence-corrected chi connectivity index (χ0v) is 12.0. The van der Waals surface area contributed by atoms with Crippen molar-refractivity contribution in [3.63, 3.8) is 0 Å². The highest BCUT2D eigenvalue weighted by molar-refractivity contribution is 6.28. The highest BCUT2D eigenvalue weighted by atomic mass is 35.5. The summed E-state index contributed by atoms with van der Waals surface area (Å²) in [7, 11) is 0. The van der Waals surface area contributed by atoms with Crippen LogP contribution in [0, 0.1) is 5.92 Å². The van der Waals surface area contributed by atoms with E-state index in [0.29, 0.717) is 17.8 Å². The van der Waals surface area contributed by atoms with Gasteiger partial charge in [-0.15, -0.1) is 0 Å². The van der Waals surface area contributed by atoms with Crippen molar-refractivity contribution >= 4 is 17.5 Å². The van der Waals surface area contributed by atoms with Crippen LogP contribution in [0.5, 0.6) is 0 Å². The first-order valence-electron chi connectivity index (χ1n) is 6.28. The van der Waals surface area contributed by atoms with E-state index in [1.807, 2.05) is 0 Å². The van der Waals surface area contributed by atoms with Crippen molar-refractivity contribution < 1.29 is 0 Å². The monoisotopic (exact) mass is 280 g/mol. The Bertz CT molecular complexity index is 527. The van der Waals surface area contributed by atoms with Gasteiger partial charge in [-0.1, -0.05) is 20.3 Å². The van der Waals surface area contributed by atoms with Gasteiger partial charge >= 0.3 is 0 Å². The number of halogens is 1. The number of anilines is 1. The normalized spacial score (nSPS) is 14.1. The fourth-order valence-electron chi connectivity index (χ4n) is 1.59. The molecule has 0 fully saturated rings. The Morgan fingerprint density at radius 1 is 1.32 bits per heavy atom. The zero-order chi connectivity index (χ0) is 13.8. The number of aromatic nitrogens is 5. The predicted molar refractivity (Wildman–Crippen MR) is 74.5 cm³/mol. The molecule has 19 heavy (non-hydrogen) atoms. The van der Waals surface area contributed by atoms with Gasteiger partial charge in [-0.05, 0) is 30.5 Å². The molecule has 0 radical (unpaired) electrons. The van der Waals surface area contributed by atoms with Crippen molar-refractivity contribution in [1.29, 1.82) is 0 Å². The van der Waals surface area contributed by atoms with Gasteiger partial charge in [0.2, 0.25) is 11.2 Å². The highest BCUT2D eigenvalue weighted by Crippen LogP contribution is 2.14. The summed E-state index contributed by atoms with van der Waals surface area (Å²) >= 11 is 5.92. The lowest BCUT2D eigenvalue weighted by atomic mass is 10.0. The molecular weight excluding hydrogens is 264 g/mol. The molecule has 0 aliphatic rings. The first-order valence-corrected chi connectivity index (χ1v) is 6.66. The maximum absolute atomic E-state index is 5.92. The number of nitrogens with zero attached hydrogens (tertiary/aromatic N) is 5. The molecule has 0 aromatic carbocycles. The molecule has 0 amide bonds. The molecule has 0 saturated carbocycles.